The summed E-state index contributed by atoms with van der Waals surface area (Å²) in [5.74, 6) is 0.560. The predicted molar refractivity (Wildman–Crippen MR) is 80.6 cm³/mol. The molecular formula is C16H19NO4. The molecule has 0 fully saturated rings. The molecule has 112 valence electrons. The molecule has 5 nitrogen and oxygen atoms in total. The Morgan fingerprint density at radius 3 is 2.71 bits per heavy atom. The number of carbonyl (C=O) groups is 1. The second-order valence-corrected chi connectivity index (χ2v) is 5.28. The van der Waals surface area contributed by atoms with Crippen LogP contribution >= 0.6 is 0 Å². The Hall–Kier alpha value is -2.30. The molecule has 21 heavy (non-hydrogen) atoms. The zero-order valence-corrected chi connectivity index (χ0v) is 12.5. The van der Waals surface area contributed by atoms with E-state index in [1.54, 1.807) is 37.6 Å². The third-order valence-corrected chi connectivity index (χ3v) is 3.06. The average Bonchev–Trinajstić information content (AvgIpc) is 2.47. The number of esters is 1. The third kappa shape index (κ3) is 3.62. The zero-order chi connectivity index (χ0) is 15.4. The van der Waals surface area contributed by atoms with Gasteiger partial charge in [-0.05, 0) is 35.6 Å². The first-order valence-electron chi connectivity index (χ1n) is 6.84. The first-order valence-corrected chi connectivity index (χ1v) is 6.84. The van der Waals surface area contributed by atoms with Crippen molar-refractivity contribution in [2.45, 2.75) is 20.4 Å². The van der Waals surface area contributed by atoms with Gasteiger partial charge in [0.15, 0.2) is 0 Å². The smallest absolute Gasteiger partial charge is 0.326 e. The van der Waals surface area contributed by atoms with E-state index in [-0.39, 0.29) is 18.0 Å². The van der Waals surface area contributed by atoms with Crippen LogP contribution in [0.25, 0.3) is 10.8 Å². The van der Waals surface area contributed by atoms with Crippen molar-refractivity contribution in [1.29, 1.82) is 0 Å². The largest absolute Gasteiger partial charge is 0.497 e. The molecule has 0 saturated heterocycles. The Bertz CT molecular complexity index is 703. The molecule has 0 aliphatic rings. The highest BCUT2D eigenvalue weighted by Crippen LogP contribution is 2.17. The maximum absolute atomic E-state index is 12.3. The van der Waals surface area contributed by atoms with Crippen molar-refractivity contribution in [1.82, 2.24) is 4.57 Å². The van der Waals surface area contributed by atoms with Gasteiger partial charge >= 0.3 is 5.97 Å². The SMILES string of the molecule is COc1ccc2c(=O)n(CC(=O)OCC(C)C)ccc2c1. The van der Waals surface area contributed by atoms with Crippen LogP contribution in [0.15, 0.2) is 35.3 Å². The van der Waals surface area contributed by atoms with Gasteiger partial charge in [-0.3, -0.25) is 9.59 Å². The molecule has 1 heterocycles. The predicted octanol–water partition coefficient (Wildman–Crippen LogP) is 2.21. The van der Waals surface area contributed by atoms with Crippen LogP contribution in [0, 0.1) is 5.92 Å². The van der Waals surface area contributed by atoms with E-state index in [1.165, 1.54) is 4.57 Å². The summed E-state index contributed by atoms with van der Waals surface area (Å²) in [5.41, 5.74) is -0.211. The first-order chi connectivity index (χ1) is 10.0. The molecule has 1 aromatic heterocycles. The topological polar surface area (TPSA) is 57.5 Å². The van der Waals surface area contributed by atoms with Crippen molar-refractivity contribution >= 4 is 16.7 Å². The van der Waals surface area contributed by atoms with Gasteiger partial charge in [0.25, 0.3) is 5.56 Å². The lowest BCUT2D eigenvalue weighted by Crippen LogP contribution is -2.25. The van der Waals surface area contributed by atoms with Crippen molar-refractivity contribution in [2.75, 3.05) is 13.7 Å². The molecule has 0 aliphatic carbocycles. The fraction of sp³-hybridized carbons (Fsp3) is 0.375. The summed E-state index contributed by atoms with van der Waals surface area (Å²) in [6.07, 6.45) is 1.60. The minimum Gasteiger partial charge on any atom is -0.497 e. The summed E-state index contributed by atoms with van der Waals surface area (Å²) < 4.78 is 11.6. The number of fused-ring (bicyclic) bond motifs is 1. The third-order valence-electron chi connectivity index (χ3n) is 3.06. The van der Waals surface area contributed by atoms with Crippen LogP contribution in [0.1, 0.15) is 13.8 Å². The monoisotopic (exact) mass is 289 g/mol. The first kappa shape index (κ1) is 15.1. The van der Waals surface area contributed by atoms with Gasteiger partial charge in [0, 0.05) is 11.6 Å². The lowest BCUT2D eigenvalue weighted by molar-refractivity contribution is -0.145. The Kier molecular flexibility index (Phi) is 4.62. The Balaban J connectivity index is 2.24. The normalized spacial score (nSPS) is 10.9. The van der Waals surface area contributed by atoms with E-state index in [4.69, 9.17) is 9.47 Å². The summed E-state index contributed by atoms with van der Waals surface area (Å²) >= 11 is 0. The molecule has 0 spiro atoms. The number of hydrogen-bond donors (Lipinski definition) is 0. The Morgan fingerprint density at radius 2 is 2.05 bits per heavy atom. The van der Waals surface area contributed by atoms with Gasteiger partial charge in [0.2, 0.25) is 0 Å². The summed E-state index contributed by atoms with van der Waals surface area (Å²) in [7, 11) is 1.58. The van der Waals surface area contributed by atoms with Crippen molar-refractivity contribution in [2.24, 2.45) is 5.92 Å². The van der Waals surface area contributed by atoms with Crippen LogP contribution in [-0.2, 0) is 16.1 Å². The number of pyridine rings is 1. The lowest BCUT2D eigenvalue weighted by Gasteiger charge is -2.10. The number of aromatic nitrogens is 1. The van der Waals surface area contributed by atoms with Crippen LogP contribution in [-0.4, -0.2) is 24.3 Å². The van der Waals surface area contributed by atoms with E-state index < -0.39 is 5.97 Å². The lowest BCUT2D eigenvalue weighted by atomic mass is 10.1. The molecule has 0 aliphatic heterocycles. The molecule has 0 saturated carbocycles. The Morgan fingerprint density at radius 1 is 1.29 bits per heavy atom. The van der Waals surface area contributed by atoms with E-state index in [1.807, 2.05) is 13.8 Å². The van der Waals surface area contributed by atoms with Gasteiger partial charge in [0.1, 0.15) is 12.3 Å². The summed E-state index contributed by atoms with van der Waals surface area (Å²) in [6, 6.07) is 7.00. The second-order valence-electron chi connectivity index (χ2n) is 5.28. The highest BCUT2D eigenvalue weighted by molar-refractivity contribution is 5.83. The van der Waals surface area contributed by atoms with Crippen LogP contribution in [0.2, 0.25) is 0 Å². The molecule has 0 N–H and O–H groups in total. The number of rotatable bonds is 5. The standard InChI is InChI=1S/C16H19NO4/c1-11(2)10-21-15(18)9-17-7-6-12-8-13(20-3)4-5-14(12)16(17)19/h4-8,11H,9-10H2,1-3H3. The minimum absolute atomic E-state index is 0.0759. The fourth-order valence-electron chi connectivity index (χ4n) is 1.96. The van der Waals surface area contributed by atoms with E-state index in [9.17, 15) is 9.59 Å². The van der Waals surface area contributed by atoms with Gasteiger partial charge in [-0.25, -0.2) is 0 Å². The summed E-state index contributed by atoms with van der Waals surface area (Å²) in [5, 5.41) is 1.33. The fourth-order valence-corrected chi connectivity index (χ4v) is 1.96. The minimum atomic E-state index is -0.404. The zero-order valence-electron chi connectivity index (χ0n) is 12.5. The van der Waals surface area contributed by atoms with Gasteiger partial charge in [0.05, 0.1) is 13.7 Å². The van der Waals surface area contributed by atoms with Crippen LogP contribution in [0.5, 0.6) is 5.75 Å². The van der Waals surface area contributed by atoms with Gasteiger partial charge in [-0.15, -0.1) is 0 Å². The highest BCUT2D eigenvalue weighted by Gasteiger charge is 2.09. The maximum atomic E-state index is 12.3. The molecular weight excluding hydrogens is 270 g/mol. The maximum Gasteiger partial charge on any atom is 0.326 e. The molecule has 0 unspecified atom stereocenters. The van der Waals surface area contributed by atoms with Crippen LogP contribution in [0.3, 0.4) is 0 Å². The second kappa shape index (κ2) is 6.43. The van der Waals surface area contributed by atoms with Crippen molar-refractivity contribution in [3.8, 4) is 5.75 Å². The molecule has 5 heteroatoms. The number of nitrogens with zero attached hydrogens (tertiary/aromatic N) is 1. The van der Waals surface area contributed by atoms with Crippen LogP contribution in [0.4, 0.5) is 0 Å². The number of carbonyl (C=O) groups excluding carboxylic acids is 1. The highest BCUT2D eigenvalue weighted by atomic mass is 16.5. The summed E-state index contributed by atoms with van der Waals surface area (Å²) in [6.45, 7) is 4.21. The summed E-state index contributed by atoms with van der Waals surface area (Å²) in [4.78, 5) is 24.0. The molecule has 2 rings (SSSR count). The van der Waals surface area contributed by atoms with Crippen molar-refractivity contribution in [3.05, 3.63) is 40.8 Å². The van der Waals surface area contributed by atoms with Crippen LogP contribution < -0.4 is 10.3 Å². The number of benzene rings is 1. The van der Waals surface area contributed by atoms with E-state index >= 15 is 0 Å². The Labute approximate surface area is 123 Å². The number of methoxy groups -OCH3 is 1. The number of ether oxygens (including phenoxy) is 2. The average molecular weight is 289 g/mol. The van der Waals surface area contributed by atoms with E-state index in [0.717, 1.165) is 5.39 Å². The van der Waals surface area contributed by atoms with Gasteiger partial charge in [-0.1, -0.05) is 13.8 Å². The van der Waals surface area contributed by atoms with Crippen molar-refractivity contribution in [3.63, 3.8) is 0 Å². The van der Waals surface area contributed by atoms with E-state index in [0.29, 0.717) is 17.7 Å². The molecule has 0 bridgehead atoms. The van der Waals surface area contributed by atoms with E-state index in [2.05, 4.69) is 0 Å². The van der Waals surface area contributed by atoms with Gasteiger partial charge in [-0.2, -0.15) is 0 Å². The molecule has 2 aromatic rings. The van der Waals surface area contributed by atoms with Gasteiger partial charge < -0.3 is 14.0 Å². The quantitative estimate of drug-likeness (QED) is 0.792. The van der Waals surface area contributed by atoms with Crippen molar-refractivity contribution < 1.29 is 14.3 Å². The molecule has 0 amide bonds. The molecule has 0 atom stereocenters. The molecule has 0 radical (unpaired) electrons. The molecule has 1 aromatic carbocycles. The number of hydrogen-bond acceptors (Lipinski definition) is 4.